The smallest absolute Gasteiger partial charge is 0.150 e. The van der Waals surface area contributed by atoms with Crippen molar-refractivity contribution in [2.45, 2.75) is 12.5 Å². The van der Waals surface area contributed by atoms with Crippen LogP contribution in [0, 0.1) is 0 Å². The van der Waals surface area contributed by atoms with Crippen molar-refractivity contribution in [3.8, 4) is 5.75 Å². The lowest BCUT2D eigenvalue weighted by molar-refractivity contribution is 0.196. The molecule has 4 nitrogen and oxygen atoms in total. The zero-order valence-electron chi connectivity index (χ0n) is 9.31. The van der Waals surface area contributed by atoms with Gasteiger partial charge in [0.1, 0.15) is 15.6 Å². The largest absolute Gasteiger partial charge is 0.493 e. The first kappa shape index (κ1) is 12.9. The van der Waals surface area contributed by atoms with Gasteiger partial charge in [0.05, 0.1) is 18.5 Å². The van der Waals surface area contributed by atoms with Crippen molar-refractivity contribution in [3.63, 3.8) is 0 Å². The van der Waals surface area contributed by atoms with E-state index in [9.17, 15) is 13.5 Å². The molecule has 1 atom stereocenters. The molecule has 0 fully saturated rings. The summed E-state index contributed by atoms with van der Waals surface area (Å²) in [4.78, 5) is 0. The maximum atomic E-state index is 11.2. The molecule has 0 saturated carbocycles. The third kappa shape index (κ3) is 3.00. The Kier molecular flexibility index (Phi) is 3.47. The molecule has 1 aromatic rings. The van der Waals surface area contributed by atoms with Crippen LogP contribution >= 0.6 is 15.9 Å². The van der Waals surface area contributed by atoms with Gasteiger partial charge in [-0.15, -0.1) is 0 Å². The predicted molar refractivity (Wildman–Crippen MR) is 68.0 cm³/mol. The van der Waals surface area contributed by atoms with Crippen LogP contribution in [0.25, 0.3) is 0 Å². The number of rotatable bonds is 3. The molecule has 6 heteroatoms. The normalized spacial score (nSPS) is 16.4. The van der Waals surface area contributed by atoms with E-state index in [0.29, 0.717) is 17.9 Å². The Hall–Kier alpha value is -0.590. The van der Waals surface area contributed by atoms with E-state index in [2.05, 4.69) is 15.9 Å². The number of halogens is 1. The lowest BCUT2D eigenvalue weighted by Crippen LogP contribution is -2.13. The van der Waals surface area contributed by atoms with E-state index in [0.717, 1.165) is 22.7 Å². The highest BCUT2D eigenvalue weighted by Crippen LogP contribution is 2.36. The van der Waals surface area contributed by atoms with Crippen molar-refractivity contribution in [1.82, 2.24) is 0 Å². The number of ether oxygens (including phenoxy) is 1. The number of aliphatic hydroxyl groups excluding tert-OH is 1. The fourth-order valence-corrected chi connectivity index (χ4v) is 3.20. The maximum absolute atomic E-state index is 11.2. The summed E-state index contributed by atoms with van der Waals surface area (Å²) < 4.78 is 28.6. The molecule has 17 heavy (non-hydrogen) atoms. The van der Waals surface area contributed by atoms with Crippen LogP contribution in [0.15, 0.2) is 16.6 Å². The van der Waals surface area contributed by atoms with Crippen molar-refractivity contribution >= 4 is 25.8 Å². The van der Waals surface area contributed by atoms with Gasteiger partial charge in [-0.1, -0.05) is 15.9 Å². The molecule has 0 aromatic heterocycles. The first-order valence-electron chi connectivity index (χ1n) is 5.18. The van der Waals surface area contributed by atoms with Crippen LogP contribution in [0.2, 0.25) is 0 Å². The summed E-state index contributed by atoms with van der Waals surface area (Å²) in [5.74, 6) is 0.337. The summed E-state index contributed by atoms with van der Waals surface area (Å²) in [5.41, 5.74) is 1.54. The molecular formula is C11H13BrO4S. The van der Waals surface area contributed by atoms with Gasteiger partial charge >= 0.3 is 0 Å². The van der Waals surface area contributed by atoms with Crippen molar-refractivity contribution < 1.29 is 18.3 Å². The van der Waals surface area contributed by atoms with E-state index >= 15 is 0 Å². The molecule has 1 aromatic carbocycles. The molecule has 0 saturated heterocycles. The summed E-state index contributed by atoms with van der Waals surface area (Å²) >= 11 is 3.35. The van der Waals surface area contributed by atoms with Gasteiger partial charge in [0, 0.05) is 22.7 Å². The fraction of sp³-hybridized carbons (Fsp3) is 0.455. The van der Waals surface area contributed by atoms with Gasteiger partial charge in [-0.25, -0.2) is 8.42 Å². The lowest BCUT2D eigenvalue weighted by atomic mass is 10.0. The third-order valence-corrected chi connectivity index (χ3v) is 3.98. The molecule has 0 radical (unpaired) electrons. The summed E-state index contributed by atoms with van der Waals surface area (Å²) in [5, 5.41) is 9.96. The van der Waals surface area contributed by atoms with E-state index in [4.69, 9.17) is 4.74 Å². The third-order valence-electron chi connectivity index (χ3n) is 2.60. The van der Waals surface area contributed by atoms with Crippen molar-refractivity contribution in [1.29, 1.82) is 0 Å². The molecule has 1 unspecified atom stereocenters. The monoisotopic (exact) mass is 320 g/mol. The molecule has 0 bridgehead atoms. The van der Waals surface area contributed by atoms with Crippen LogP contribution < -0.4 is 4.74 Å². The Balaban J connectivity index is 2.38. The zero-order valence-corrected chi connectivity index (χ0v) is 11.7. The quantitative estimate of drug-likeness (QED) is 0.915. The second-order valence-corrected chi connectivity index (χ2v) is 7.29. The topological polar surface area (TPSA) is 63.6 Å². The first-order valence-corrected chi connectivity index (χ1v) is 8.03. The maximum Gasteiger partial charge on any atom is 0.150 e. The highest BCUT2D eigenvalue weighted by molar-refractivity contribution is 9.10. The minimum atomic E-state index is -3.22. The Morgan fingerprint density at radius 2 is 2.24 bits per heavy atom. The van der Waals surface area contributed by atoms with Crippen LogP contribution in [0.5, 0.6) is 5.75 Å². The highest BCUT2D eigenvalue weighted by Gasteiger charge is 2.24. The number of hydrogen-bond acceptors (Lipinski definition) is 4. The second-order valence-electron chi connectivity index (χ2n) is 4.19. The second kappa shape index (κ2) is 4.59. The summed E-state index contributed by atoms with van der Waals surface area (Å²) in [7, 11) is -3.22. The molecular weight excluding hydrogens is 308 g/mol. The number of sulfone groups is 1. The van der Waals surface area contributed by atoms with Crippen LogP contribution in [-0.2, 0) is 16.3 Å². The van der Waals surface area contributed by atoms with E-state index in [1.54, 1.807) is 6.07 Å². The Morgan fingerprint density at radius 1 is 1.53 bits per heavy atom. The zero-order chi connectivity index (χ0) is 12.6. The van der Waals surface area contributed by atoms with Crippen LogP contribution in [0.1, 0.15) is 17.2 Å². The molecule has 1 heterocycles. The van der Waals surface area contributed by atoms with Crippen LogP contribution in [-0.4, -0.2) is 32.1 Å². The number of hydrogen-bond donors (Lipinski definition) is 1. The Labute approximate surface area is 109 Å². The van der Waals surface area contributed by atoms with Gasteiger partial charge in [-0.3, -0.25) is 0 Å². The van der Waals surface area contributed by atoms with Crippen molar-refractivity contribution in [2.24, 2.45) is 0 Å². The fourth-order valence-electron chi connectivity index (χ4n) is 1.92. The average molecular weight is 321 g/mol. The van der Waals surface area contributed by atoms with Gasteiger partial charge in [-0.05, 0) is 17.7 Å². The molecule has 0 aliphatic carbocycles. The van der Waals surface area contributed by atoms with E-state index in [1.807, 2.05) is 6.07 Å². The van der Waals surface area contributed by atoms with Gasteiger partial charge in [0.2, 0.25) is 0 Å². The van der Waals surface area contributed by atoms with E-state index in [1.165, 1.54) is 0 Å². The molecule has 1 N–H and O–H groups in total. The minimum absolute atomic E-state index is 0.292. The highest BCUT2D eigenvalue weighted by atomic mass is 79.9. The minimum Gasteiger partial charge on any atom is -0.493 e. The van der Waals surface area contributed by atoms with Gasteiger partial charge in [-0.2, -0.15) is 0 Å². The molecule has 1 aliphatic heterocycles. The predicted octanol–water partition coefficient (Wildman–Crippen LogP) is 1.46. The molecule has 0 spiro atoms. The molecule has 1 aliphatic rings. The van der Waals surface area contributed by atoms with Crippen LogP contribution in [0.3, 0.4) is 0 Å². The summed E-state index contributed by atoms with van der Waals surface area (Å²) in [6.45, 7) is 0.574. The number of fused-ring (bicyclic) bond motifs is 1. The van der Waals surface area contributed by atoms with Crippen LogP contribution in [0.4, 0.5) is 0 Å². The van der Waals surface area contributed by atoms with Gasteiger partial charge in [0.15, 0.2) is 0 Å². The van der Waals surface area contributed by atoms with Crippen molar-refractivity contribution in [2.75, 3.05) is 18.6 Å². The summed E-state index contributed by atoms with van der Waals surface area (Å²) in [6, 6.07) is 3.64. The number of aliphatic hydroxyl groups is 1. The Bertz CT molecular complexity index is 539. The Morgan fingerprint density at radius 3 is 2.88 bits per heavy atom. The van der Waals surface area contributed by atoms with Gasteiger partial charge in [0.25, 0.3) is 0 Å². The summed E-state index contributed by atoms with van der Waals surface area (Å²) in [6.07, 6.45) is 0.845. The van der Waals surface area contributed by atoms with E-state index in [-0.39, 0.29) is 5.75 Å². The average Bonchev–Trinajstić information content (AvgIpc) is 2.60. The van der Waals surface area contributed by atoms with E-state index < -0.39 is 15.9 Å². The molecule has 94 valence electrons. The van der Waals surface area contributed by atoms with Crippen molar-refractivity contribution in [3.05, 3.63) is 27.7 Å². The number of benzene rings is 1. The molecule has 2 rings (SSSR count). The standard InChI is InChI=1S/C11H13BrO4S/c1-17(14,15)6-10(13)9-5-8(12)4-7-2-3-16-11(7)9/h4-5,10,13H,2-3,6H2,1H3. The first-order chi connectivity index (χ1) is 7.87. The molecule has 0 amide bonds. The van der Waals surface area contributed by atoms with Gasteiger partial charge < -0.3 is 9.84 Å². The SMILES string of the molecule is CS(=O)(=O)CC(O)c1cc(Br)cc2c1OCC2. The lowest BCUT2D eigenvalue weighted by Gasteiger charge is -2.14.